The van der Waals surface area contributed by atoms with E-state index in [0.717, 1.165) is 41.8 Å². The van der Waals surface area contributed by atoms with Crippen molar-refractivity contribution in [3.8, 4) is 11.4 Å². The maximum absolute atomic E-state index is 4.64. The first-order valence-corrected chi connectivity index (χ1v) is 7.20. The SMILES string of the molecule is Cc1nc(-c2cnn(C)c2)nc(C)c1CCNC1CC1. The molecule has 1 aliphatic carbocycles. The lowest BCUT2D eigenvalue weighted by atomic mass is 10.1. The van der Waals surface area contributed by atoms with Crippen molar-refractivity contribution in [2.45, 2.75) is 39.2 Å². The molecule has 0 saturated heterocycles. The van der Waals surface area contributed by atoms with Gasteiger partial charge < -0.3 is 5.32 Å². The Kier molecular flexibility index (Phi) is 3.53. The lowest BCUT2D eigenvalue weighted by molar-refractivity contribution is 0.675. The van der Waals surface area contributed by atoms with E-state index in [0.29, 0.717) is 0 Å². The molecule has 2 heterocycles. The van der Waals surface area contributed by atoms with E-state index in [1.807, 2.05) is 19.4 Å². The summed E-state index contributed by atoms with van der Waals surface area (Å²) in [5.41, 5.74) is 4.40. The molecule has 1 saturated carbocycles. The highest BCUT2D eigenvalue weighted by Crippen LogP contribution is 2.20. The topological polar surface area (TPSA) is 55.6 Å². The predicted octanol–water partition coefficient (Wildman–Crippen LogP) is 1.79. The lowest BCUT2D eigenvalue weighted by Gasteiger charge is -2.10. The smallest absolute Gasteiger partial charge is 0.162 e. The van der Waals surface area contributed by atoms with Gasteiger partial charge in [-0.1, -0.05) is 0 Å². The van der Waals surface area contributed by atoms with Crippen LogP contribution in [0.3, 0.4) is 0 Å². The quantitative estimate of drug-likeness (QED) is 0.900. The summed E-state index contributed by atoms with van der Waals surface area (Å²) in [6.45, 7) is 5.16. The largest absolute Gasteiger partial charge is 0.314 e. The second kappa shape index (κ2) is 5.32. The highest BCUT2D eigenvalue weighted by Gasteiger charge is 2.20. The number of aromatic nitrogens is 4. The highest BCUT2D eigenvalue weighted by atomic mass is 15.2. The van der Waals surface area contributed by atoms with E-state index >= 15 is 0 Å². The van der Waals surface area contributed by atoms with Crippen LogP contribution in [0, 0.1) is 13.8 Å². The predicted molar refractivity (Wildman–Crippen MR) is 78.4 cm³/mol. The molecular weight excluding hydrogens is 250 g/mol. The minimum atomic E-state index is 0.756. The molecule has 2 aromatic rings. The van der Waals surface area contributed by atoms with Gasteiger partial charge in [0.15, 0.2) is 5.82 Å². The molecule has 0 bridgehead atoms. The van der Waals surface area contributed by atoms with Crippen LogP contribution in [0.2, 0.25) is 0 Å². The standard InChI is InChI=1S/C15H21N5/c1-10-14(6-7-16-13-4-5-13)11(2)19-15(18-10)12-8-17-20(3)9-12/h8-9,13,16H,4-7H2,1-3H3. The molecule has 5 nitrogen and oxygen atoms in total. The minimum absolute atomic E-state index is 0.756. The maximum atomic E-state index is 4.64. The number of nitrogens with one attached hydrogen (secondary N) is 1. The summed E-state index contributed by atoms with van der Waals surface area (Å²) in [6.07, 6.45) is 7.41. The Balaban J connectivity index is 1.78. The Hall–Kier alpha value is -1.75. The molecule has 0 spiro atoms. The molecule has 0 unspecified atom stereocenters. The summed E-state index contributed by atoms with van der Waals surface area (Å²) in [5.74, 6) is 0.770. The number of hydrogen-bond donors (Lipinski definition) is 1. The Morgan fingerprint density at radius 2 is 1.95 bits per heavy atom. The second-order valence-corrected chi connectivity index (χ2v) is 5.58. The van der Waals surface area contributed by atoms with E-state index in [9.17, 15) is 0 Å². The van der Waals surface area contributed by atoms with Crippen molar-refractivity contribution in [2.75, 3.05) is 6.54 Å². The monoisotopic (exact) mass is 271 g/mol. The molecule has 2 aromatic heterocycles. The van der Waals surface area contributed by atoms with Crippen LogP contribution in [0.5, 0.6) is 0 Å². The van der Waals surface area contributed by atoms with Gasteiger partial charge in [-0.3, -0.25) is 4.68 Å². The lowest BCUT2D eigenvalue weighted by Crippen LogP contribution is -2.20. The van der Waals surface area contributed by atoms with Gasteiger partial charge in [0.25, 0.3) is 0 Å². The van der Waals surface area contributed by atoms with Crippen molar-refractivity contribution in [1.82, 2.24) is 25.1 Å². The first-order chi connectivity index (χ1) is 9.63. The van der Waals surface area contributed by atoms with Gasteiger partial charge in [-0.05, 0) is 45.2 Å². The highest BCUT2D eigenvalue weighted by molar-refractivity contribution is 5.53. The third-order valence-corrected chi connectivity index (χ3v) is 3.77. The van der Waals surface area contributed by atoms with Gasteiger partial charge in [0.1, 0.15) is 0 Å². The molecule has 1 aliphatic rings. The van der Waals surface area contributed by atoms with Gasteiger partial charge in [-0.15, -0.1) is 0 Å². The van der Waals surface area contributed by atoms with Crippen LogP contribution in [0.1, 0.15) is 29.8 Å². The third-order valence-electron chi connectivity index (χ3n) is 3.77. The summed E-state index contributed by atoms with van der Waals surface area (Å²) in [7, 11) is 1.90. The summed E-state index contributed by atoms with van der Waals surface area (Å²) in [5, 5.41) is 7.72. The zero-order valence-corrected chi connectivity index (χ0v) is 12.3. The zero-order valence-electron chi connectivity index (χ0n) is 12.3. The minimum Gasteiger partial charge on any atom is -0.314 e. The van der Waals surface area contributed by atoms with Crippen LogP contribution in [0.25, 0.3) is 11.4 Å². The fraction of sp³-hybridized carbons (Fsp3) is 0.533. The third kappa shape index (κ3) is 2.88. The van der Waals surface area contributed by atoms with Gasteiger partial charge >= 0.3 is 0 Å². The van der Waals surface area contributed by atoms with E-state index in [4.69, 9.17) is 0 Å². The van der Waals surface area contributed by atoms with E-state index in [1.54, 1.807) is 4.68 Å². The average molecular weight is 271 g/mol. The van der Waals surface area contributed by atoms with Crippen molar-refractivity contribution in [1.29, 1.82) is 0 Å². The van der Waals surface area contributed by atoms with Crippen molar-refractivity contribution in [3.63, 3.8) is 0 Å². The zero-order chi connectivity index (χ0) is 14.1. The molecule has 0 amide bonds. The van der Waals surface area contributed by atoms with Gasteiger partial charge in [-0.25, -0.2) is 9.97 Å². The fourth-order valence-electron chi connectivity index (χ4n) is 2.46. The van der Waals surface area contributed by atoms with E-state index in [-0.39, 0.29) is 0 Å². The van der Waals surface area contributed by atoms with Crippen molar-refractivity contribution < 1.29 is 0 Å². The van der Waals surface area contributed by atoms with Crippen molar-refractivity contribution in [2.24, 2.45) is 7.05 Å². The van der Waals surface area contributed by atoms with E-state index < -0.39 is 0 Å². The van der Waals surface area contributed by atoms with Crippen LogP contribution < -0.4 is 5.32 Å². The summed E-state index contributed by atoms with van der Waals surface area (Å²) < 4.78 is 1.77. The molecule has 1 N–H and O–H groups in total. The first kappa shape index (κ1) is 13.2. The molecule has 0 aromatic carbocycles. The van der Waals surface area contributed by atoms with Crippen molar-refractivity contribution >= 4 is 0 Å². The van der Waals surface area contributed by atoms with Crippen LogP contribution >= 0.6 is 0 Å². The summed E-state index contributed by atoms with van der Waals surface area (Å²) >= 11 is 0. The molecule has 20 heavy (non-hydrogen) atoms. The van der Waals surface area contributed by atoms with Crippen LogP contribution in [-0.2, 0) is 13.5 Å². The average Bonchev–Trinajstić information content (AvgIpc) is 3.12. The van der Waals surface area contributed by atoms with E-state index in [2.05, 4.69) is 34.2 Å². The molecule has 5 heteroatoms. The molecule has 3 rings (SSSR count). The number of rotatable bonds is 5. The van der Waals surface area contributed by atoms with Crippen molar-refractivity contribution in [3.05, 3.63) is 29.3 Å². The summed E-state index contributed by atoms with van der Waals surface area (Å²) in [4.78, 5) is 9.28. The van der Waals surface area contributed by atoms with Gasteiger partial charge in [0, 0.05) is 30.7 Å². The Morgan fingerprint density at radius 1 is 1.25 bits per heavy atom. The van der Waals surface area contributed by atoms with Gasteiger partial charge in [0.05, 0.1) is 11.8 Å². The molecule has 0 atom stereocenters. The molecule has 1 fully saturated rings. The first-order valence-electron chi connectivity index (χ1n) is 7.20. The number of nitrogens with zero attached hydrogens (tertiary/aromatic N) is 4. The number of aryl methyl sites for hydroxylation is 3. The Bertz CT molecular complexity index is 589. The number of hydrogen-bond acceptors (Lipinski definition) is 4. The van der Waals surface area contributed by atoms with Crippen LogP contribution in [0.15, 0.2) is 12.4 Å². The Morgan fingerprint density at radius 3 is 2.50 bits per heavy atom. The normalized spacial score (nSPS) is 14.8. The van der Waals surface area contributed by atoms with Crippen LogP contribution in [-0.4, -0.2) is 32.3 Å². The molecular formula is C15H21N5. The maximum Gasteiger partial charge on any atom is 0.162 e. The van der Waals surface area contributed by atoms with E-state index in [1.165, 1.54) is 18.4 Å². The summed E-state index contributed by atoms with van der Waals surface area (Å²) in [6, 6.07) is 0.756. The molecule has 0 radical (unpaired) electrons. The van der Waals surface area contributed by atoms with Gasteiger partial charge in [-0.2, -0.15) is 5.10 Å². The molecule has 106 valence electrons. The second-order valence-electron chi connectivity index (χ2n) is 5.58. The molecule has 0 aliphatic heterocycles. The van der Waals surface area contributed by atoms with Gasteiger partial charge in [0.2, 0.25) is 0 Å². The van der Waals surface area contributed by atoms with Crippen LogP contribution in [0.4, 0.5) is 0 Å². The Labute approximate surface area is 119 Å². The fourth-order valence-corrected chi connectivity index (χ4v) is 2.46.